The monoisotopic (exact) mass is 456 g/mol. The molecule has 1 N–H and O–H groups in total. The average Bonchev–Trinajstić information content (AvgIpc) is 3.03. The molecule has 0 saturated carbocycles. The van der Waals surface area contributed by atoms with Gasteiger partial charge < -0.3 is 0 Å². The third-order valence-electron chi connectivity index (χ3n) is 3.38. The van der Waals surface area contributed by atoms with Crippen molar-refractivity contribution in [1.29, 1.82) is 0 Å². The molecule has 3 rings (SSSR count). The molecular weight excluding hydrogens is 445 g/mol. The standard InChI is InChI=1S/C17H12BrF3N4OS/c18-12-7-5-11(6-8-12)9-25-10-22-16(24-25)23-15(26)13-3-1-2-4-14(13)27-17(19,20)21/h1-8,10H,9H2,(H,23,24,26). The summed E-state index contributed by atoms with van der Waals surface area (Å²) in [5, 5.41) is 6.56. The van der Waals surface area contributed by atoms with Crippen molar-refractivity contribution < 1.29 is 18.0 Å². The van der Waals surface area contributed by atoms with E-state index in [-0.39, 0.29) is 28.2 Å². The Morgan fingerprint density at radius 3 is 2.56 bits per heavy atom. The maximum Gasteiger partial charge on any atom is 0.446 e. The molecule has 0 aliphatic heterocycles. The van der Waals surface area contributed by atoms with Crippen molar-refractivity contribution in [3.63, 3.8) is 0 Å². The molecule has 5 nitrogen and oxygen atoms in total. The molecule has 0 aliphatic rings. The smallest absolute Gasteiger partial charge is 0.289 e. The third-order valence-corrected chi connectivity index (χ3v) is 4.71. The number of aromatic nitrogens is 3. The van der Waals surface area contributed by atoms with Gasteiger partial charge in [-0.25, -0.2) is 9.67 Å². The van der Waals surface area contributed by atoms with Gasteiger partial charge >= 0.3 is 5.51 Å². The number of alkyl halides is 3. The number of hydrogen-bond acceptors (Lipinski definition) is 4. The summed E-state index contributed by atoms with van der Waals surface area (Å²) >= 11 is 3.02. The lowest BCUT2D eigenvalue weighted by Gasteiger charge is -2.10. The van der Waals surface area contributed by atoms with Gasteiger partial charge in [0.15, 0.2) is 0 Å². The normalized spacial score (nSPS) is 11.4. The van der Waals surface area contributed by atoms with Crippen molar-refractivity contribution in [2.45, 2.75) is 16.9 Å². The second kappa shape index (κ2) is 8.13. The van der Waals surface area contributed by atoms with Crippen LogP contribution in [0.5, 0.6) is 0 Å². The maximum absolute atomic E-state index is 12.6. The molecule has 0 unspecified atom stereocenters. The number of nitrogens with one attached hydrogen (secondary N) is 1. The molecular formula is C17H12BrF3N4OS. The van der Waals surface area contributed by atoms with Crippen molar-refractivity contribution in [1.82, 2.24) is 14.8 Å². The van der Waals surface area contributed by atoms with E-state index in [1.165, 1.54) is 35.3 Å². The van der Waals surface area contributed by atoms with Crippen LogP contribution in [0.15, 0.2) is 64.2 Å². The highest BCUT2D eigenvalue weighted by Crippen LogP contribution is 2.38. The number of carbonyl (C=O) groups is 1. The van der Waals surface area contributed by atoms with Crippen LogP contribution in [0.2, 0.25) is 0 Å². The molecule has 2 aromatic carbocycles. The highest BCUT2D eigenvalue weighted by atomic mass is 79.9. The molecule has 140 valence electrons. The van der Waals surface area contributed by atoms with E-state index in [1.54, 1.807) is 0 Å². The molecule has 0 atom stereocenters. The van der Waals surface area contributed by atoms with Gasteiger partial charge in [0.2, 0.25) is 5.95 Å². The van der Waals surface area contributed by atoms with Crippen LogP contribution in [0, 0.1) is 0 Å². The fourth-order valence-corrected chi connectivity index (χ4v) is 3.17. The first-order valence-electron chi connectivity index (χ1n) is 7.60. The summed E-state index contributed by atoms with van der Waals surface area (Å²) in [7, 11) is 0. The quantitative estimate of drug-likeness (QED) is 0.551. The minimum atomic E-state index is -4.49. The summed E-state index contributed by atoms with van der Waals surface area (Å²) in [6, 6.07) is 13.1. The molecule has 0 spiro atoms. The zero-order valence-corrected chi connectivity index (χ0v) is 16.0. The van der Waals surface area contributed by atoms with Gasteiger partial charge in [-0.1, -0.05) is 40.2 Å². The lowest BCUT2D eigenvalue weighted by molar-refractivity contribution is -0.0328. The number of rotatable bonds is 5. The molecule has 1 amide bonds. The van der Waals surface area contributed by atoms with Crippen LogP contribution in [-0.2, 0) is 6.54 Å². The number of halogens is 4. The Morgan fingerprint density at radius 2 is 1.85 bits per heavy atom. The summed E-state index contributed by atoms with van der Waals surface area (Å²) < 4.78 is 40.4. The number of nitrogens with zero attached hydrogens (tertiary/aromatic N) is 3. The zero-order chi connectivity index (χ0) is 19.4. The van der Waals surface area contributed by atoms with Gasteiger partial charge in [0.1, 0.15) is 6.33 Å². The van der Waals surface area contributed by atoms with E-state index in [9.17, 15) is 18.0 Å². The SMILES string of the molecule is O=C(Nc1ncn(Cc2ccc(Br)cc2)n1)c1ccccc1SC(F)(F)F. The third kappa shape index (κ3) is 5.57. The Bertz CT molecular complexity index is 944. The molecule has 1 aromatic heterocycles. The fraction of sp³-hybridized carbons (Fsp3) is 0.118. The minimum absolute atomic E-state index is 0.0175. The number of hydrogen-bond donors (Lipinski definition) is 1. The first-order valence-corrected chi connectivity index (χ1v) is 9.21. The second-order valence-corrected chi connectivity index (χ2v) is 7.41. The van der Waals surface area contributed by atoms with E-state index < -0.39 is 11.4 Å². The van der Waals surface area contributed by atoms with E-state index in [0.717, 1.165) is 10.0 Å². The lowest BCUT2D eigenvalue weighted by atomic mass is 10.2. The molecule has 3 aromatic rings. The van der Waals surface area contributed by atoms with E-state index in [1.807, 2.05) is 24.3 Å². The molecule has 1 heterocycles. The zero-order valence-electron chi connectivity index (χ0n) is 13.6. The predicted octanol–water partition coefficient (Wildman–Crippen LogP) is 4.95. The van der Waals surface area contributed by atoms with Crippen LogP contribution in [0.3, 0.4) is 0 Å². The first kappa shape index (κ1) is 19.4. The van der Waals surface area contributed by atoms with Gasteiger partial charge in [0.05, 0.1) is 12.1 Å². The number of amides is 1. The van der Waals surface area contributed by atoms with Gasteiger partial charge in [-0.05, 0) is 41.6 Å². The van der Waals surface area contributed by atoms with Crippen LogP contribution in [0.1, 0.15) is 15.9 Å². The van der Waals surface area contributed by atoms with Crippen molar-refractivity contribution in [2.75, 3.05) is 5.32 Å². The van der Waals surface area contributed by atoms with Crippen molar-refractivity contribution in [3.8, 4) is 0 Å². The molecule has 27 heavy (non-hydrogen) atoms. The molecule has 10 heteroatoms. The average molecular weight is 457 g/mol. The Hall–Kier alpha value is -2.33. The topological polar surface area (TPSA) is 59.8 Å². The lowest BCUT2D eigenvalue weighted by Crippen LogP contribution is -2.15. The van der Waals surface area contributed by atoms with Gasteiger partial charge in [0, 0.05) is 9.37 Å². The molecule has 0 fully saturated rings. The van der Waals surface area contributed by atoms with Crippen LogP contribution in [0.4, 0.5) is 19.1 Å². The summed E-state index contributed by atoms with van der Waals surface area (Å²) in [6.45, 7) is 0.441. The molecule has 0 aliphatic carbocycles. The fourth-order valence-electron chi connectivity index (χ4n) is 2.24. The van der Waals surface area contributed by atoms with Gasteiger partial charge in [-0.3, -0.25) is 10.1 Å². The summed E-state index contributed by atoms with van der Waals surface area (Å²) in [5.74, 6) is -0.687. The Morgan fingerprint density at radius 1 is 1.15 bits per heavy atom. The van der Waals surface area contributed by atoms with Crippen molar-refractivity contribution in [2.24, 2.45) is 0 Å². The van der Waals surface area contributed by atoms with Gasteiger partial charge in [0.25, 0.3) is 5.91 Å². The van der Waals surface area contributed by atoms with E-state index >= 15 is 0 Å². The molecule has 0 saturated heterocycles. The summed E-state index contributed by atoms with van der Waals surface area (Å²) in [5.41, 5.74) is -3.60. The maximum atomic E-state index is 12.6. The van der Waals surface area contributed by atoms with E-state index in [0.29, 0.717) is 6.54 Å². The predicted molar refractivity (Wildman–Crippen MR) is 99.6 cm³/mol. The van der Waals surface area contributed by atoms with Gasteiger partial charge in [-0.2, -0.15) is 13.2 Å². The summed E-state index contributed by atoms with van der Waals surface area (Å²) in [4.78, 5) is 16.1. The highest BCUT2D eigenvalue weighted by Gasteiger charge is 2.31. The second-order valence-electron chi connectivity index (χ2n) is 5.39. The van der Waals surface area contributed by atoms with E-state index in [2.05, 4.69) is 31.3 Å². The van der Waals surface area contributed by atoms with Crippen molar-refractivity contribution in [3.05, 3.63) is 70.5 Å². The highest BCUT2D eigenvalue weighted by molar-refractivity contribution is 9.10. The number of anilines is 1. The number of benzene rings is 2. The Balaban J connectivity index is 1.70. The number of carbonyl (C=O) groups excluding carboxylic acids is 1. The minimum Gasteiger partial charge on any atom is -0.289 e. The van der Waals surface area contributed by atoms with Gasteiger partial charge in [-0.15, -0.1) is 5.10 Å². The van der Waals surface area contributed by atoms with Crippen LogP contribution in [-0.4, -0.2) is 26.2 Å². The van der Waals surface area contributed by atoms with E-state index in [4.69, 9.17) is 0 Å². The van der Waals surface area contributed by atoms with Crippen LogP contribution in [0.25, 0.3) is 0 Å². The first-order chi connectivity index (χ1) is 12.8. The molecule has 0 radical (unpaired) electrons. The molecule has 0 bridgehead atoms. The van der Waals surface area contributed by atoms with Crippen molar-refractivity contribution >= 4 is 39.5 Å². The Labute approximate surface area is 165 Å². The summed E-state index contributed by atoms with van der Waals surface area (Å²) in [6.07, 6.45) is 1.44. The van der Waals surface area contributed by atoms with Crippen LogP contribution < -0.4 is 5.32 Å². The largest absolute Gasteiger partial charge is 0.446 e. The van der Waals surface area contributed by atoms with Crippen LogP contribution >= 0.6 is 27.7 Å². The Kier molecular flexibility index (Phi) is 5.85. The number of thioether (sulfide) groups is 1.